The molecule has 6 heteroatoms. The lowest BCUT2D eigenvalue weighted by Crippen LogP contribution is -2.28. The van der Waals surface area contributed by atoms with Crippen molar-refractivity contribution in [3.05, 3.63) is 53.5 Å². The Labute approximate surface area is 136 Å². The summed E-state index contributed by atoms with van der Waals surface area (Å²) < 4.78 is 4.91. The summed E-state index contributed by atoms with van der Waals surface area (Å²) in [6, 6.07) is 11.9. The molecule has 0 aliphatic rings. The third-order valence-corrected chi connectivity index (χ3v) is 3.22. The van der Waals surface area contributed by atoms with E-state index in [1.165, 1.54) is 5.56 Å². The number of amides is 1. The molecule has 0 radical (unpaired) electrons. The zero-order valence-electron chi connectivity index (χ0n) is 13.5. The summed E-state index contributed by atoms with van der Waals surface area (Å²) in [6.07, 6.45) is 0.888. The molecular formula is C17H22N4O2. The number of aromatic nitrogens is 2. The van der Waals surface area contributed by atoms with Gasteiger partial charge in [-0.15, -0.1) is 0 Å². The van der Waals surface area contributed by atoms with Crippen LogP contribution in [0.4, 0.5) is 5.82 Å². The van der Waals surface area contributed by atoms with Crippen LogP contribution in [0.15, 0.2) is 36.4 Å². The van der Waals surface area contributed by atoms with E-state index in [4.69, 9.17) is 4.74 Å². The van der Waals surface area contributed by atoms with Crippen LogP contribution in [0.25, 0.3) is 0 Å². The lowest BCUT2D eigenvalue weighted by atomic mass is 10.1. The molecule has 0 aliphatic heterocycles. The molecule has 0 saturated heterocycles. The maximum atomic E-state index is 12.0. The molecule has 1 aromatic carbocycles. The van der Waals surface area contributed by atoms with Crippen molar-refractivity contribution in [2.45, 2.75) is 13.3 Å². The largest absolute Gasteiger partial charge is 0.383 e. The number of ether oxygens (including phenoxy) is 1. The Hall–Kier alpha value is -2.47. The van der Waals surface area contributed by atoms with Crippen molar-refractivity contribution in [2.24, 2.45) is 0 Å². The molecule has 1 aromatic heterocycles. The second kappa shape index (κ2) is 8.85. The highest BCUT2D eigenvalue weighted by Gasteiger charge is 2.09. The normalized spacial score (nSPS) is 10.3. The highest BCUT2D eigenvalue weighted by Crippen LogP contribution is 2.07. The number of carbonyl (C=O) groups is 1. The molecule has 0 unspecified atom stereocenters. The molecule has 0 fully saturated rings. The van der Waals surface area contributed by atoms with Gasteiger partial charge in [0.2, 0.25) is 0 Å². The van der Waals surface area contributed by atoms with Crippen LogP contribution in [-0.2, 0) is 11.2 Å². The first-order valence-electron chi connectivity index (χ1n) is 7.59. The SMILES string of the molecule is COCCNC(=O)c1cc(NCCc2ccccc2)nc(C)n1. The predicted octanol–water partition coefficient (Wildman–Crippen LogP) is 1.82. The van der Waals surface area contributed by atoms with E-state index >= 15 is 0 Å². The Morgan fingerprint density at radius 1 is 1.17 bits per heavy atom. The van der Waals surface area contributed by atoms with E-state index in [-0.39, 0.29) is 5.91 Å². The van der Waals surface area contributed by atoms with Crippen molar-refractivity contribution >= 4 is 11.7 Å². The molecule has 0 atom stereocenters. The summed E-state index contributed by atoms with van der Waals surface area (Å²) in [4.78, 5) is 20.5. The van der Waals surface area contributed by atoms with Gasteiger partial charge < -0.3 is 15.4 Å². The minimum Gasteiger partial charge on any atom is -0.383 e. The van der Waals surface area contributed by atoms with Crippen molar-refractivity contribution < 1.29 is 9.53 Å². The number of nitrogens with one attached hydrogen (secondary N) is 2. The van der Waals surface area contributed by atoms with Crippen LogP contribution in [-0.4, -0.2) is 42.7 Å². The molecule has 2 N–H and O–H groups in total. The molecule has 23 heavy (non-hydrogen) atoms. The Morgan fingerprint density at radius 2 is 1.96 bits per heavy atom. The molecule has 0 bridgehead atoms. The standard InChI is InChI=1S/C17H22N4O2/c1-13-20-15(17(22)19-10-11-23-2)12-16(21-13)18-9-8-14-6-4-3-5-7-14/h3-7,12H,8-11H2,1-2H3,(H,19,22)(H,18,20,21). The smallest absolute Gasteiger partial charge is 0.270 e. The van der Waals surface area contributed by atoms with Crippen molar-refractivity contribution in [1.29, 1.82) is 0 Å². The van der Waals surface area contributed by atoms with Crippen LogP contribution in [0.1, 0.15) is 21.9 Å². The van der Waals surface area contributed by atoms with Gasteiger partial charge in [-0.05, 0) is 18.9 Å². The van der Waals surface area contributed by atoms with Gasteiger partial charge in [-0.2, -0.15) is 0 Å². The minimum atomic E-state index is -0.223. The number of nitrogens with zero attached hydrogens (tertiary/aromatic N) is 2. The lowest BCUT2D eigenvalue weighted by molar-refractivity contribution is 0.0931. The number of hydrogen-bond acceptors (Lipinski definition) is 5. The van der Waals surface area contributed by atoms with Crippen LogP contribution < -0.4 is 10.6 Å². The number of carbonyl (C=O) groups excluding carboxylic acids is 1. The number of anilines is 1. The van der Waals surface area contributed by atoms with Crippen LogP contribution in [0.2, 0.25) is 0 Å². The minimum absolute atomic E-state index is 0.223. The molecule has 1 heterocycles. The van der Waals surface area contributed by atoms with Gasteiger partial charge >= 0.3 is 0 Å². The Morgan fingerprint density at radius 3 is 2.70 bits per heavy atom. The van der Waals surface area contributed by atoms with Gasteiger partial charge in [0.05, 0.1) is 6.61 Å². The molecule has 6 nitrogen and oxygen atoms in total. The van der Waals surface area contributed by atoms with Gasteiger partial charge in [-0.3, -0.25) is 4.79 Å². The van der Waals surface area contributed by atoms with Gasteiger partial charge in [0.25, 0.3) is 5.91 Å². The first-order chi connectivity index (χ1) is 11.2. The zero-order chi connectivity index (χ0) is 16.5. The van der Waals surface area contributed by atoms with Gasteiger partial charge in [0.15, 0.2) is 0 Å². The molecule has 0 saturated carbocycles. The van der Waals surface area contributed by atoms with Crippen molar-refractivity contribution in [3.63, 3.8) is 0 Å². The summed E-state index contributed by atoms with van der Waals surface area (Å²) in [6.45, 7) is 3.44. The lowest BCUT2D eigenvalue weighted by Gasteiger charge is -2.09. The number of rotatable bonds is 8. The predicted molar refractivity (Wildman–Crippen MR) is 89.6 cm³/mol. The van der Waals surface area contributed by atoms with Crippen molar-refractivity contribution in [2.75, 3.05) is 32.1 Å². The average Bonchev–Trinajstić information content (AvgIpc) is 2.55. The van der Waals surface area contributed by atoms with Crippen molar-refractivity contribution in [1.82, 2.24) is 15.3 Å². The third-order valence-electron chi connectivity index (χ3n) is 3.22. The topological polar surface area (TPSA) is 76.1 Å². The van der Waals surface area contributed by atoms with Gasteiger partial charge in [0, 0.05) is 26.3 Å². The summed E-state index contributed by atoms with van der Waals surface area (Å²) in [5.74, 6) is 0.996. The molecule has 2 aromatic rings. The summed E-state index contributed by atoms with van der Waals surface area (Å²) in [5.41, 5.74) is 1.61. The van der Waals surface area contributed by atoms with E-state index < -0.39 is 0 Å². The third kappa shape index (κ3) is 5.67. The van der Waals surface area contributed by atoms with Crippen LogP contribution >= 0.6 is 0 Å². The molecule has 2 rings (SSSR count). The monoisotopic (exact) mass is 314 g/mol. The van der Waals surface area contributed by atoms with E-state index in [0.717, 1.165) is 13.0 Å². The highest BCUT2D eigenvalue weighted by molar-refractivity contribution is 5.92. The second-order valence-electron chi connectivity index (χ2n) is 5.10. The van der Waals surface area contributed by atoms with E-state index in [1.807, 2.05) is 18.2 Å². The number of aryl methyl sites for hydroxylation is 1. The maximum Gasteiger partial charge on any atom is 0.270 e. The fourth-order valence-electron chi connectivity index (χ4n) is 2.11. The first kappa shape index (κ1) is 16.9. The van der Waals surface area contributed by atoms with Crippen molar-refractivity contribution in [3.8, 4) is 0 Å². The molecule has 1 amide bonds. The molecule has 122 valence electrons. The quantitative estimate of drug-likeness (QED) is 0.727. The fourth-order valence-corrected chi connectivity index (χ4v) is 2.11. The Bertz CT molecular complexity index is 632. The molecule has 0 aliphatic carbocycles. The average molecular weight is 314 g/mol. The fraction of sp³-hybridized carbons (Fsp3) is 0.353. The first-order valence-corrected chi connectivity index (χ1v) is 7.59. The van der Waals surface area contributed by atoms with Gasteiger partial charge in [0.1, 0.15) is 17.3 Å². The second-order valence-corrected chi connectivity index (χ2v) is 5.10. The van der Waals surface area contributed by atoms with E-state index in [9.17, 15) is 4.79 Å². The Balaban J connectivity index is 1.92. The van der Waals surface area contributed by atoms with Crippen LogP contribution in [0.5, 0.6) is 0 Å². The number of hydrogen-bond donors (Lipinski definition) is 2. The van der Waals surface area contributed by atoms with Gasteiger partial charge in [-0.1, -0.05) is 30.3 Å². The van der Waals surface area contributed by atoms with Crippen LogP contribution in [0.3, 0.4) is 0 Å². The van der Waals surface area contributed by atoms with E-state index in [1.54, 1.807) is 20.1 Å². The zero-order valence-corrected chi connectivity index (χ0v) is 13.5. The molecule has 0 spiro atoms. The highest BCUT2D eigenvalue weighted by atomic mass is 16.5. The number of methoxy groups -OCH3 is 1. The van der Waals surface area contributed by atoms with E-state index in [0.29, 0.717) is 30.5 Å². The van der Waals surface area contributed by atoms with Gasteiger partial charge in [-0.25, -0.2) is 9.97 Å². The summed E-state index contributed by atoms with van der Waals surface area (Å²) in [7, 11) is 1.59. The maximum absolute atomic E-state index is 12.0. The number of benzene rings is 1. The van der Waals surface area contributed by atoms with Crippen LogP contribution in [0, 0.1) is 6.92 Å². The summed E-state index contributed by atoms with van der Waals surface area (Å²) in [5, 5.41) is 5.99. The Kier molecular flexibility index (Phi) is 6.50. The molecular weight excluding hydrogens is 292 g/mol. The summed E-state index contributed by atoms with van der Waals surface area (Å²) >= 11 is 0. The van der Waals surface area contributed by atoms with E-state index in [2.05, 4.69) is 32.7 Å².